The van der Waals surface area contributed by atoms with E-state index in [-0.39, 0.29) is 12.1 Å². The van der Waals surface area contributed by atoms with E-state index in [9.17, 15) is 4.79 Å². The van der Waals surface area contributed by atoms with E-state index in [0.29, 0.717) is 11.3 Å². The van der Waals surface area contributed by atoms with Gasteiger partial charge in [-0.1, -0.05) is 6.07 Å². The van der Waals surface area contributed by atoms with Gasteiger partial charge in [-0.05, 0) is 24.6 Å². The minimum atomic E-state index is -0.256. The summed E-state index contributed by atoms with van der Waals surface area (Å²) in [4.78, 5) is 13.4. The van der Waals surface area contributed by atoms with Crippen molar-refractivity contribution in [2.75, 3.05) is 27.2 Å². The lowest BCUT2D eigenvalue weighted by Crippen LogP contribution is -3.11. The molecule has 1 aromatic rings. The van der Waals surface area contributed by atoms with Gasteiger partial charge >= 0.3 is 5.97 Å². The van der Waals surface area contributed by atoms with Crippen molar-refractivity contribution in [1.82, 2.24) is 0 Å². The number of rotatable bonds is 3. The van der Waals surface area contributed by atoms with Gasteiger partial charge in [0, 0.05) is 6.42 Å². The van der Waals surface area contributed by atoms with Crippen molar-refractivity contribution in [2.24, 2.45) is 0 Å². The Hall–Kier alpha value is -1.55. The monoisotopic (exact) mass is 250 g/mol. The standard InChI is InChI=1S/C14H19NO3/c1-15-8-4-7-13(10-15)18-14(16)11-5-3-6-12(9-11)17-2/h3,5-6,9,13H,4,7-8,10H2,1-2H3/p+1. The van der Waals surface area contributed by atoms with E-state index < -0.39 is 0 Å². The van der Waals surface area contributed by atoms with Gasteiger partial charge in [-0.3, -0.25) is 0 Å². The number of carbonyl (C=O) groups excluding carboxylic acids is 1. The molecule has 0 radical (unpaired) electrons. The van der Waals surface area contributed by atoms with Gasteiger partial charge < -0.3 is 14.4 Å². The number of piperidine rings is 1. The van der Waals surface area contributed by atoms with E-state index in [2.05, 4.69) is 7.05 Å². The average molecular weight is 250 g/mol. The molecule has 4 heteroatoms. The Kier molecular flexibility index (Phi) is 4.20. The molecule has 18 heavy (non-hydrogen) atoms. The molecule has 98 valence electrons. The van der Waals surface area contributed by atoms with Crippen molar-refractivity contribution in [2.45, 2.75) is 18.9 Å². The van der Waals surface area contributed by atoms with Crippen molar-refractivity contribution in [1.29, 1.82) is 0 Å². The highest BCUT2D eigenvalue weighted by Crippen LogP contribution is 2.15. The number of likely N-dealkylation sites (tertiary alicyclic amines) is 1. The number of hydrogen-bond donors (Lipinski definition) is 1. The quantitative estimate of drug-likeness (QED) is 0.796. The molecule has 1 fully saturated rings. The summed E-state index contributed by atoms with van der Waals surface area (Å²) in [5.41, 5.74) is 0.553. The number of likely N-dealkylation sites (N-methyl/N-ethyl adjacent to an activating group) is 1. The summed E-state index contributed by atoms with van der Waals surface area (Å²) in [5.74, 6) is 0.421. The number of methoxy groups -OCH3 is 1. The Balaban J connectivity index is 1.98. The van der Waals surface area contributed by atoms with Crippen LogP contribution in [0.5, 0.6) is 5.75 Å². The van der Waals surface area contributed by atoms with Gasteiger partial charge in [-0.15, -0.1) is 0 Å². The molecule has 2 atom stereocenters. The maximum atomic E-state index is 12.0. The fraction of sp³-hybridized carbons (Fsp3) is 0.500. The maximum absolute atomic E-state index is 12.0. The van der Waals surface area contributed by atoms with E-state index in [1.807, 2.05) is 6.07 Å². The van der Waals surface area contributed by atoms with Gasteiger partial charge in [-0.2, -0.15) is 0 Å². The van der Waals surface area contributed by atoms with E-state index in [1.54, 1.807) is 25.3 Å². The van der Waals surface area contributed by atoms with Crippen LogP contribution in [0.1, 0.15) is 23.2 Å². The van der Waals surface area contributed by atoms with Crippen molar-refractivity contribution >= 4 is 5.97 Å². The molecule has 1 aliphatic rings. The first-order chi connectivity index (χ1) is 8.69. The number of hydrogen-bond acceptors (Lipinski definition) is 3. The largest absolute Gasteiger partial charge is 0.497 e. The molecule has 0 aliphatic carbocycles. The highest BCUT2D eigenvalue weighted by atomic mass is 16.5. The van der Waals surface area contributed by atoms with Crippen LogP contribution in [0.15, 0.2) is 24.3 Å². The van der Waals surface area contributed by atoms with Crippen LogP contribution >= 0.6 is 0 Å². The second kappa shape index (κ2) is 5.87. The van der Waals surface area contributed by atoms with Crippen LogP contribution in [-0.2, 0) is 4.74 Å². The Morgan fingerprint density at radius 3 is 3.00 bits per heavy atom. The van der Waals surface area contributed by atoms with Crippen molar-refractivity contribution in [3.05, 3.63) is 29.8 Å². The summed E-state index contributed by atoms with van der Waals surface area (Å²) in [6.07, 6.45) is 2.12. The summed E-state index contributed by atoms with van der Waals surface area (Å²) in [6, 6.07) is 7.08. The van der Waals surface area contributed by atoms with Crippen LogP contribution in [0.3, 0.4) is 0 Å². The zero-order valence-corrected chi connectivity index (χ0v) is 10.9. The first-order valence-corrected chi connectivity index (χ1v) is 6.35. The molecule has 4 nitrogen and oxygen atoms in total. The molecule has 1 aromatic carbocycles. The van der Waals surface area contributed by atoms with E-state index in [0.717, 1.165) is 25.9 Å². The highest BCUT2D eigenvalue weighted by Gasteiger charge is 2.24. The third-order valence-electron chi connectivity index (χ3n) is 3.28. The van der Waals surface area contributed by atoms with Gasteiger partial charge in [0.2, 0.25) is 0 Å². The fourth-order valence-corrected chi connectivity index (χ4v) is 2.29. The van der Waals surface area contributed by atoms with Gasteiger partial charge in [0.05, 0.1) is 26.3 Å². The second-order valence-corrected chi connectivity index (χ2v) is 4.81. The first kappa shape index (κ1) is 12.9. The molecular weight excluding hydrogens is 230 g/mol. The van der Waals surface area contributed by atoms with Gasteiger partial charge in [0.25, 0.3) is 0 Å². The molecular formula is C14H20NO3+. The number of ether oxygens (including phenoxy) is 2. The maximum Gasteiger partial charge on any atom is 0.338 e. The average Bonchev–Trinajstić information content (AvgIpc) is 2.39. The number of benzene rings is 1. The van der Waals surface area contributed by atoms with Gasteiger partial charge in [-0.25, -0.2) is 4.79 Å². The highest BCUT2D eigenvalue weighted by molar-refractivity contribution is 5.89. The third-order valence-corrected chi connectivity index (χ3v) is 3.28. The molecule has 0 aromatic heterocycles. The number of nitrogens with one attached hydrogen (secondary N) is 1. The lowest BCUT2D eigenvalue weighted by molar-refractivity contribution is -0.888. The smallest absolute Gasteiger partial charge is 0.338 e. The van der Waals surface area contributed by atoms with Crippen molar-refractivity contribution < 1.29 is 19.2 Å². The second-order valence-electron chi connectivity index (χ2n) is 4.81. The molecule has 0 spiro atoms. The third kappa shape index (κ3) is 3.23. The van der Waals surface area contributed by atoms with Gasteiger partial charge in [0.15, 0.2) is 6.10 Å². The Morgan fingerprint density at radius 2 is 2.28 bits per heavy atom. The minimum Gasteiger partial charge on any atom is -0.497 e. The Bertz CT molecular complexity index is 419. The molecule has 1 heterocycles. The summed E-state index contributed by atoms with van der Waals surface area (Å²) < 4.78 is 10.6. The zero-order chi connectivity index (χ0) is 13.0. The lowest BCUT2D eigenvalue weighted by Gasteiger charge is -2.26. The Morgan fingerprint density at radius 1 is 1.44 bits per heavy atom. The fourth-order valence-electron chi connectivity index (χ4n) is 2.29. The predicted molar refractivity (Wildman–Crippen MR) is 68.1 cm³/mol. The van der Waals surface area contributed by atoms with E-state index >= 15 is 0 Å². The molecule has 1 saturated heterocycles. The lowest BCUT2D eigenvalue weighted by atomic mass is 10.1. The Labute approximate surface area is 107 Å². The summed E-state index contributed by atoms with van der Waals surface area (Å²) in [7, 11) is 3.72. The van der Waals surface area contributed by atoms with Crippen molar-refractivity contribution in [3.8, 4) is 5.75 Å². The normalized spacial score (nSPS) is 23.4. The van der Waals surface area contributed by atoms with Crippen LogP contribution in [0.2, 0.25) is 0 Å². The molecule has 2 unspecified atom stereocenters. The zero-order valence-electron chi connectivity index (χ0n) is 10.9. The number of esters is 1. The predicted octanol–water partition coefficient (Wildman–Crippen LogP) is 0.529. The number of carbonyl (C=O) groups is 1. The van der Waals surface area contributed by atoms with Crippen LogP contribution in [-0.4, -0.2) is 39.3 Å². The summed E-state index contributed by atoms with van der Waals surface area (Å²) in [5, 5.41) is 0. The van der Waals surface area contributed by atoms with E-state index in [4.69, 9.17) is 9.47 Å². The molecule has 0 amide bonds. The van der Waals surface area contributed by atoms with Crippen molar-refractivity contribution in [3.63, 3.8) is 0 Å². The first-order valence-electron chi connectivity index (χ1n) is 6.35. The molecule has 0 bridgehead atoms. The molecule has 1 aliphatic heterocycles. The number of quaternary nitrogens is 1. The van der Waals surface area contributed by atoms with Crippen LogP contribution < -0.4 is 9.64 Å². The molecule has 2 rings (SSSR count). The van der Waals surface area contributed by atoms with Crippen LogP contribution in [0.25, 0.3) is 0 Å². The molecule has 0 saturated carbocycles. The minimum absolute atomic E-state index is 0.0393. The SMILES string of the molecule is COc1cccc(C(=O)OC2CCC[NH+](C)C2)c1. The van der Waals surface area contributed by atoms with E-state index in [1.165, 1.54) is 4.90 Å². The summed E-state index contributed by atoms with van der Waals surface area (Å²) in [6.45, 7) is 2.06. The topological polar surface area (TPSA) is 40.0 Å². The van der Waals surface area contributed by atoms with Crippen LogP contribution in [0.4, 0.5) is 0 Å². The summed E-state index contributed by atoms with van der Waals surface area (Å²) >= 11 is 0. The van der Waals surface area contributed by atoms with Gasteiger partial charge in [0.1, 0.15) is 12.3 Å². The molecule has 1 N–H and O–H groups in total. The van der Waals surface area contributed by atoms with Crippen LogP contribution in [0, 0.1) is 0 Å².